The van der Waals surface area contributed by atoms with Crippen molar-refractivity contribution < 1.29 is 13.2 Å². The van der Waals surface area contributed by atoms with Crippen LogP contribution in [0.15, 0.2) is 47.4 Å². The van der Waals surface area contributed by atoms with Gasteiger partial charge in [0.2, 0.25) is 10.0 Å². The number of aryl methyl sites for hydroxylation is 2. The molecule has 0 aliphatic carbocycles. The molecule has 2 rings (SSSR count). The normalized spacial score (nSPS) is 12.6. The summed E-state index contributed by atoms with van der Waals surface area (Å²) in [6.45, 7) is 5.64. The third kappa shape index (κ3) is 5.56. The second kappa shape index (κ2) is 9.21. The minimum atomic E-state index is -3.58. The fourth-order valence-electron chi connectivity index (χ4n) is 2.80. The van der Waals surface area contributed by atoms with Gasteiger partial charge in [0.25, 0.3) is 0 Å². The standard InChI is InChI=1S/C21H29N3O3S/c1-15-13-19(28(26,27)24(4)5)14-20(17(15)3)23-21(25)22-16(2)11-12-18-9-7-6-8-10-18/h6-10,13-14,16H,11-12H2,1-5H3,(H2,22,23,25). The van der Waals surface area contributed by atoms with Crippen molar-refractivity contribution in [1.82, 2.24) is 9.62 Å². The second-order valence-corrected chi connectivity index (χ2v) is 9.38. The van der Waals surface area contributed by atoms with Gasteiger partial charge in [0.05, 0.1) is 4.90 Å². The summed E-state index contributed by atoms with van der Waals surface area (Å²) in [4.78, 5) is 12.6. The van der Waals surface area contributed by atoms with Crippen LogP contribution in [-0.4, -0.2) is 38.9 Å². The van der Waals surface area contributed by atoms with Crippen LogP contribution in [0.1, 0.15) is 30.0 Å². The summed E-state index contributed by atoms with van der Waals surface area (Å²) >= 11 is 0. The van der Waals surface area contributed by atoms with Crippen LogP contribution in [0.5, 0.6) is 0 Å². The number of hydrogen-bond acceptors (Lipinski definition) is 3. The smallest absolute Gasteiger partial charge is 0.319 e. The molecular weight excluding hydrogens is 374 g/mol. The van der Waals surface area contributed by atoms with Crippen molar-refractivity contribution in [3.05, 3.63) is 59.2 Å². The Hall–Kier alpha value is -2.38. The number of carbonyl (C=O) groups is 1. The van der Waals surface area contributed by atoms with Crippen molar-refractivity contribution >= 4 is 21.7 Å². The lowest BCUT2D eigenvalue weighted by molar-refractivity contribution is 0.248. The molecule has 7 heteroatoms. The van der Waals surface area contributed by atoms with E-state index in [0.717, 1.165) is 28.3 Å². The van der Waals surface area contributed by atoms with Crippen LogP contribution in [0.25, 0.3) is 0 Å². The number of amides is 2. The number of urea groups is 1. The SMILES string of the molecule is Cc1cc(S(=O)(=O)N(C)C)cc(NC(=O)NC(C)CCc2ccccc2)c1C. The van der Waals surface area contributed by atoms with E-state index in [1.165, 1.54) is 25.7 Å². The van der Waals surface area contributed by atoms with E-state index in [1.54, 1.807) is 6.07 Å². The van der Waals surface area contributed by atoms with Crippen LogP contribution in [0.3, 0.4) is 0 Å². The van der Waals surface area contributed by atoms with Crippen molar-refractivity contribution in [2.75, 3.05) is 19.4 Å². The van der Waals surface area contributed by atoms with Gasteiger partial charge in [-0.3, -0.25) is 0 Å². The van der Waals surface area contributed by atoms with E-state index in [4.69, 9.17) is 0 Å². The first-order valence-corrected chi connectivity index (χ1v) is 10.7. The third-order valence-corrected chi connectivity index (χ3v) is 6.55. The van der Waals surface area contributed by atoms with Gasteiger partial charge in [-0.05, 0) is 62.4 Å². The van der Waals surface area contributed by atoms with Crippen LogP contribution in [-0.2, 0) is 16.4 Å². The van der Waals surface area contributed by atoms with Crippen LogP contribution >= 0.6 is 0 Å². The lowest BCUT2D eigenvalue weighted by atomic mass is 10.1. The predicted molar refractivity (Wildman–Crippen MR) is 113 cm³/mol. The highest BCUT2D eigenvalue weighted by Crippen LogP contribution is 2.25. The van der Waals surface area contributed by atoms with Crippen LogP contribution in [0, 0.1) is 13.8 Å². The van der Waals surface area contributed by atoms with E-state index in [9.17, 15) is 13.2 Å². The van der Waals surface area contributed by atoms with Gasteiger partial charge in [-0.25, -0.2) is 17.5 Å². The highest BCUT2D eigenvalue weighted by Gasteiger charge is 2.20. The Morgan fingerprint density at radius 1 is 1.11 bits per heavy atom. The molecule has 0 radical (unpaired) electrons. The fourth-order valence-corrected chi connectivity index (χ4v) is 3.81. The maximum Gasteiger partial charge on any atom is 0.319 e. The van der Waals surface area contributed by atoms with Gasteiger partial charge in [0, 0.05) is 25.8 Å². The van der Waals surface area contributed by atoms with E-state index in [1.807, 2.05) is 39.0 Å². The minimum Gasteiger partial charge on any atom is -0.335 e. The number of nitrogens with zero attached hydrogens (tertiary/aromatic N) is 1. The first-order valence-electron chi connectivity index (χ1n) is 9.26. The summed E-state index contributed by atoms with van der Waals surface area (Å²) < 4.78 is 26.0. The number of carbonyl (C=O) groups excluding carboxylic acids is 1. The van der Waals surface area contributed by atoms with Crippen LogP contribution < -0.4 is 10.6 Å². The van der Waals surface area contributed by atoms with Gasteiger partial charge in [-0.15, -0.1) is 0 Å². The maximum absolute atomic E-state index is 12.4. The average molecular weight is 404 g/mol. The fraction of sp³-hybridized carbons (Fsp3) is 0.381. The zero-order chi connectivity index (χ0) is 20.9. The predicted octanol–water partition coefficient (Wildman–Crippen LogP) is 3.70. The molecule has 0 saturated carbocycles. The topological polar surface area (TPSA) is 78.5 Å². The lowest BCUT2D eigenvalue weighted by Crippen LogP contribution is -2.36. The van der Waals surface area contributed by atoms with Crippen LogP contribution in [0.2, 0.25) is 0 Å². The largest absolute Gasteiger partial charge is 0.335 e. The van der Waals surface area contributed by atoms with Gasteiger partial charge >= 0.3 is 6.03 Å². The van der Waals surface area contributed by atoms with Crippen molar-refractivity contribution in [3.8, 4) is 0 Å². The summed E-state index contributed by atoms with van der Waals surface area (Å²) in [5.74, 6) is 0. The van der Waals surface area contributed by atoms with Gasteiger partial charge in [0.15, 0.2) is 0 Å². The Labute approximate surface area is 168 Å². The molecule has 152 valence electrons. The third-order valence-electron chi connectivity index (χ3n) is 4.75. The number of rotatable bonds is 7. The Bertz CT molecular complexity index is 925. The molecule has 0 aromatic heterocycles. The molecule has 0 fully saturated rings. The minimum absolute atomic E-state index is 0.0182. The number of anilines is 1. The number of nitrogens with one attached hydrogen (secondary N) is 2. The Morgan fingerprint density at radius 2 is 1.75 bits per heavy atom. The molecule has 28 heavy (non-hydrogen) atoms. The number of benzene rings is 2. The van der Waals surface area contributed by atoms with E-state index in [0.29, 0.717) is 5.69 Å². The zero-order valence-corrected chi connectivity index (χ0v) is 17.9. The Morgan fingerprint density at radius 3 is 2.36 bits per heavy atom. The van der Waals surface area contributed by atoms with E-state index < -0.39 is 10.0 Å². The molecule has 2 N–H and O–H groups in total. The van der Waals surface area contributed by atoms with Crippen LogP contribution in [0.4, 0.5) is 10.5 Å². The van der Waals surface area contributed by atoms with E-state index in [2.05, 4.69) is 22.8 Å². The first kappa shape index (κ1) is 21.9. The van der Waals surface area contributed by atoms with Gasteiger partial charge in [-0.1, -0.05) is 30.3 Å². The molecule has 0 spiro atoms. The molecule has 6 nitrogen and oxygen atoms in total. The molecule has 2 aromatic carbocycles. The molecule has 0 aliphatic heterocycles. The highest BCUT2D eigenvalue weighted by atomic mass is 32.2. The van der Waals surface area contributed by atoms with Crippen molar-refractivity contribution in [3.63, 3.8) is 0 Å². The van der Waals surface area contributed by atoms with Crippen molar-refractivity contribution in [1.29, 1.82) is 0 Å². The monoisotopic (exact) mass is 403 g/mol. The summed E-state index contributed by atoms with van der Waals surface area (Å²) in [6.07, 6.45) is 1.68. The zero-order valence-electron chi connectivity index (χ0n) is 17.1. The van der Waals surface area contributed by atoms with Gasteiger partial charge < -0.3 is 10.6 Å². The summed E-state index contributed by atoms with van der Waals surface area (Å²) in [6, 6.07) is 12.9. The molecule has 2 amide bonds. The number of hydrogen-bond donors (Lipinski definition) is 2. The Balaban J connectivity index is 2.05. The first-order chi connectivity index (χ1) is 13.1. The molecule has 0 saturated heterocycles. The molecule has 0 aliphatic rings. The Kier molecular flexibility index (Phi) is 7.21. The quantitative estimate of drug-likeness (QED) is 0.740. The van der Waals surface area contributed by atoms with Gasteiger partial charge in [-0.2, -0.15) is 0 Å². The molecule has 1 unspecified atom stereocenters. The molecule has 2 aromatic rings. The highest BCUT2D eigenvalue weighted by molar-refractivity contribution is 7.89. The van der Waals surface area contributed by atoms with Gasteiger partial charge in [0.1, 0.15) is 0 Å². The molecular formula is C21H29N3O3S. The second-order valence-electron chi connectivity index (χ2n) is 7.22. The molecule has 1 atom stereocenters. The average Bonchev–Trinajstić information content (AvgIpc) is 2.64. The van der Waals surface area contributed by atoms with E-state index in [-0.39, 0.29) is 17.0 Å². The lowest BCUT2D eigenvalue weighted by Gasteiger charge is -2.18. The summed E-state index contributed by atoms with van der Waals surface area (Å²) in [5.41, 5.74) is 3.36. The van der Waals surface area contributed by atoms with E-state index >= 15 is 0 Å². The summed E-state index contributed by atoms with van der Waals surface area (Å²) in [7, 11) is -0.605. The molecule has 0 heterocycles. The molecule has 0 bridgehead atoms. The maximum atomic E-state index is 12.4. The number of sulfonamides is 1. The van der Waals surface area contributed by atoms with Crippen molar-refractivity contribution in [2.24, 2.45) is 0 Å². The summed E-state index contributed by atoms with van der Waals surface area (Å²) in [5, 5.41) is 5.71. The van der Waals surface area contributed by atoms with Crippen molar-refractivity contribution in [2.45, 2.75) is 44.6 Å².